The van der Waals surface area contributed by atoms with Gasteiger partial charge in [0.2, 0.25) is 0 Å². The third-order valence-electron chi connectivity index (χ3n) is 4.38. The molecular weight excluding hydrogens is 216 g/mol. The minimum Gasteiger partial charge on any atom is -0.104 e. The number of alkyl halides is 1. The summed E-state index contributed by atoms with van der Waals surface area (Å²) in [5, 5.41) is 0. The van der Waals surface area contributed by atoms with Crippen LogP contribution in [0, 0.1) is 22.7 Å². The quantitative estimate of drug-likeness (QED) is 0.467. The van der Waals surface area contributed by atoms with Gasteiger partial charge in [-0.05, 0) is 12.1 Å². The maximum atomic E-state index is 6.60. The molecule has 1 aromatic carbocycles. The van der Waals surface area contributed by atoms with Crippen LogP contribution >= 0.6 is 11.6 Å². The lowest BCUT2D eigenvalue weighted by Crippen LogP contribution is -2.05. The smallest absolute Gasteiger partial charge is 0.104 e. The van der Waals surface area contributed by atoms with E-state index in [1.807, 2.05) is 30.3 Å². The van der Waals surface area contributed by atoms with E-state index in [2.05, 4.69) is 39.5 Å². The summed E-state index contributed by atoms with van der Waals surface area (Å²) in [5.41, 5.74) is 1.17. The summed E-state index contributed by atoms with van der Waals surface area (Å²) >= 11 is 6.60. The van der Waals surface area contributed by atoms with E-state index in [0.717, 1.165) is 5.56 Å². The monoisotopic (exact) mass is 232 g/mol. The molecule has 0 amide bonds. The molecule has 0 aliphatic heterocycles. The summed E-state index contributed by atoms with van der Waals surface area (Å²) in [7, 11) is 0. The van der Waals surface area contributed by atoms with E-state index >= 15 is 0 Å². The first-order valence-electron chi connectivity index (χ1n) is 5.60. The Hall–Kier alpha value is -0.930. The first kappa shape index (κ1) is 11.6. The number of benzene rings is 1. The Balaban J connectivity index is 2.29. The van der Waals surface area contributed by atoms with E-state index in [9.17, 15) is 0 Å². The highest BCUT2D eigenvalue weighted by Crippen LogP contribution is 2.74. The minimum atomic E-state index is -0.393. The van der Waals surface area contributed by atoms with Gasteiger partial charge in [0.05, 0.1) is 0 Å². The van der Waals surface area contributed by atoms with Gasteiger partial charge in [0.25, 0.3) is 0 Å². The zero-order chi connectivity index (χ0) is 12.0. The largest absolute Gasteiger partial charge is 0.117 e. The fourth-order valence-electron chi connectivity index (χ4n) is 2.24. The van der Waals surface area contributed by atoms with Crippen molar-refractivity contribution in [3.05, 3.63) is 35.9 Å². The van der Waals surface area contributed by atoms with Gasteiger partial charge in [-0.1, -0.05) is 57.7 Å². The molecule has 0 unspecified atom stereocenters. The van der Waals surface area contributed by atoms with Crippen LogP contribution in [0.5, 0.6) is 0 Å². The molecule has 1 heteroatoms. The van der Waals surface area contributed by atoms with E-state index in [4.69, 9.17) is 11.6 Å². The first-order chi connectivity index (χ1) is 7.33. The molecule has 16 heavy (non-hydrogen) atoms. The van der Waals surface area contributed by atoms with E-state index in [1.165, 1.54) is 0 Å². The Kier molecular flexibility index (Phi) is 2.37. The second-order valence-electron chi connectivity index (χ2n) is 5.52. The molecule has 2 rings (SSSR count). The Morgan fingerprint density at radius 2 is 1.44 bits per heavy atom. The van der Waals surface area contributed by atoms with Crippen molar-refractivity contribution >= 4 is 11.6 Å². The zero-order valence-corrected chi connectivity index (χ0v) is 11.0. The van der Waals surface area contributed by atoms with Gasteiger partial charge in [-0.3, -0.25) is 0 Å². The zero-order valence-electron chi connectivity index (χ0n) is 10.3. The van der Waals surface area contributed by atoms with Crippen LogP contribution in [0.4, 0.5) is 0 Å². The van der Waals surface area contributed by atoms with Gasteiger partial charge in [0.1, 0.15) is 4.87 Å². The summed E-state index contributed by atoms with van der Waals surface area (Å²) in [4.78, 5) is -0.393. The molecule has 0 spiro atoms. The highest BCUT2D eigenvalue weighted by Gasteiger charge is 2.76. The van der Waals surface area contributed by atoms with Gasteiger partial charge >= 0.3 is 0 Å². The number of rotatable bonds is 0. The van der Waals surface area contributed by atoms with Crippen LogP contribution in [-0.2, 0) is 0 Å². The topological polar surface area (TPSA) is 0 Å². The van der Waals surface area contributed by atoms with Gasteiger partial charge in [0.15, 0.2) is 0 Å². The second kappa shape index (κ2) is 3.28. The van der Waals surface area contributed by atoms with Gasteiger partial charge in [-0.2, -0.15) is 0 Å². The van der Waals surface area contributed by atoms with Crippen molar-refractivity contribution in [2.45, 2.75) is 32.6 Å². The molecular formula is C15H17Cl. The van der Waals surface area contributed by atoms with E-state index in [-0.39, 0.29) is 10.8 Å². The molecule has 1 aliphatic carbocycles. The van der Waals surface area contributed by atoms with Crippen LogP contribution in [0.1, 0.15) is 33.3 Å². The predicted molar refractivity (Wildman–Crippen MR) is 69.5 cm³/mol. The van der Waals surface area contributed by atoms with Crippen molar-refractivity contribution < 1.29 is 0 Å². The van der Waals surface area contributed by atoms with Crippen LogP contribution in [-0.4, -0.2) is 4.87 Å². The molecule has 0 atom stereocenters. The molecule has 0 bridgehead atoms. The fraction of sp³-hybridized carbons (Fsp3) is 0.467. The Labute approximate surface area is 103 Å². The highest BCUT2D eigenvalue weighted by atomic mass is 35.5. The van der Waals surface area contributed by atoms with E-state index in [0.29, 0.717) is 0 Å². The van der Waals surface area contributed by atoms with Crippen LogP contribution in [0.2, 0.25) is 0 Å². The summed E-state index contributed by atoms with van der Waals surface area (Å²) in [5.74, 6) is 6.42. The van der Waals surface area contributed by atoms with Crippen molar-refractivity contribution in [1.82, 2.24) is 0 Å². The normalized spacial score (nSPS) is 23.1. The Morgan fingerprint density at radius 1 is 0.938 bits per heavy atom. The molecule has 0 saturated heterocycles. The summed E-state index contributed by atoms with van der Waals surface area (Å²) < 4.78 is 0. The summed E-state index contributed by atoms with van der Waals surface area (Å²) in [6.07, 6.45) is 0. The van der Waals surface area contributed by atoms with Crippen molar-refractivity contribution in [2.75, 3.05) is 0 Å². The summed E-state index contributed by atoms with van der Waals surface area (Å²) in [6.45, 7) is 8.72. The second-order valence-corrected chi connectivity index (χ2v) is 6.09. The molecule has 84 valence electrons. The SMILES string of the molecule is CC1(C)C(C)(C)C1(Cl)C#Cc1ccccc1. The lowest BCUT2D eigenvalue weighted by Gasteiger charge is -2.02. The molecule has 1 saturated carbocycles. The highest BCUT2D eigenvalue weighted by molar-refractivity contribution is 6.30. The van der Waals surface area contributed by atoms with Gasteiger partial charge < -0.3 is 0 Å². The van der Waals surface area contributed by atoms with Gasteiger partial charge in [0, 0.05) is 16.4 Å². The molecule has 0 nitrogen and oxygen atoms in total. The van der Waals surface area contributed by atoms with E-state index < -0.39 is 4.87 Å². The molecule has 1 aliphatic rings. The predicted octanol–water partition coefficient (Wildman–Crippen LogP) is 4.08. The third kappa shape index (κ3) is 1.31. The number of halogens is 1. The molecule has 1 aromatic rings. The molecule has 1 fully saturated rings. The lowest BCUT2D eigenvalue weighted by atomic mass is 10.0. The average molecular weight is 233 g/mol. The Bertz CT molecular complexity index is 443. The maximum absolute atomic E-state index is 6.60. The van der Waals surface area contributed by atoms with Crippen LogP contribution < -0.4 is 0 Å². The molecule has 0 heterocycles. The summed E-state index contributed by atoms with van der Waals surface area (Å²) in [6, 6.07) is 10.0. The fourth-order valence-corrected chi connectivity index (χ4v) is 2.71. The van der Waals surface area contributed by atoms with Gasteiger partial charge in [-0.15, -0.1) is 11.6 Å². The molecule has 0 radical (unpaired) electrons. The molecule has 0 aromatic heterocycles. The van der Waals surface area contributed by atoms with Crippen molar-refractivity contribution in [2.24, 2.45) is 10.8 Å². The van der Waals surface area contributed by atoms with Gasteiger partial charge in [-0.25, -0.2) is 0 Å². The average Bonchev–Trinajstić information content (AvgIpc) is 2.55. The van der Waals surface area contributed by atoms with Crippen molar-refractivity contribution in [3.63, 3.8) is 0 Å². The van der Waals surface area contributed by atoms with Crippen molar-refractivity contribution in [1.29, 1.82) is 0 Å². The standard InChI is InChI=1S/C15H17Cl/c1-13(2)14(3,4)15(13,16)11-10-12-8-6-5-7-9-12/h5-9H,1-4H3. The maximum Gasteiger partial charge on any atom is 0.117 e. The van der Waals surface area contributed by atoms with Crippen molar-refractivity contribution in [3.8, 4) is 11.8 Å². The number of hydrogen-bond acceptors (Lipinski definition) is 0. The van der Waals surface area contributed by atoms with Crippen LogP contribution in [0.3, 0.4) is 0 Å². The number of hydrogen-bond donors (Lipinski definition) is 0. The van der Waals surface area contributed by atoms with Crippen LogP contribution in [0.25, 0.3) is 0 Å². The Morgan fingerprint density at radius 3 is 1.88 bits per heavy atom. The first-order valence-corrected chi connectivity index (χ1v) is 5.98. The van der Waals surface area contributed by atoms with Crippen LogP contribution in [0.15, 0.2) is 30.3 Å². The minimum absolute atomic E-state index is 0.0728. The lowest BCUT2D eigenvalue weighted by molar-refractivity contribution is 0.457. The van der Waals surface area contributed by atoms with E-state index in [1.54, 1.807) is 0 Å². The third-order valence-corrected chi connectivity index (χ3v) is 5.41. The molecule has 0 N–H and O–H groups in total.